The van der Waals surface area contributed by atoms with Gasteiger partial charge < -0.3 is 15.5 Å². The maximum absolute atomic E-state index is 13.1. The molecule has 3 rings (SSSR count). The Morgan fingerprint density at radius 1 is 1.23 bits per heavy atom. The Hall–Kier alpha value is -1.30. The van der Waals surface area contributed by atoms with E-state index in [1.165, 1.54) is 0 Å². The van der Waals surface area contributed by atoms with Crippen molar-refractivity contribution in [2.45, 2.75) is 26.3 Å². The van der Waals surface area contributed by atoms with Gasteiger partial charge in [0.15, 0.2) is 0 Å². The molecule has 2 unspecified atom stereocenters. The van der Waals surface area contributed by atoms with Crippen molar-refractivity contribution in [1.82, 2.24) is 15.5 Å². The third-order valence-electron chi connectivity index (χ3n) is 5.57. The minimum absolute atomic E-state index is 0. The highest BCUT2D eigenvalue weighted by Crippen LogP contribution is 2.27. The number of halogens is 2. The first-order valence-electron chi connectivity index (χ1n) is 9.05. The van der Waals surface area contributed by atoms with Gasteiger partial charge in [-0.1, -0.05) is 31.9 Å². The molecule has 0 bridgehead atoms. The van der Waals surface area contributed by atoms with E-state index in [9.17, 15) is 9.59 Å². The molecule has 0 saturated carbocycles. The fraction of sp³-hybridized carbons (Fsp3) is 0.579. The molecular formula is C19H27Cl2N3O2. The Kier molecular flexibility index (Phi) is 7.33. The van der Waals surface area contributed by atoms with Gasteiger partial charge in [-0.2, -0.15) is 0 Å². The number of nitrogens with zero attached hydrogens (tertiary/aromatic N) is 1. The Bertz CT molecular complexity index is 626. The van der Waals surface area contributed by atoms with E-state index in [4.69, 9.17) is 11.6 Å². The van der Waals surface area contributed by atoms with E-state index < -0.39 is 6.04 Å². The van der Waals surface area contributed by atoms with Gasteiger partial charge in [0.25, 0.3) is 5.91 Å². The average Bonchev–Trinajstić information content (AvgIpc) is 3.20. The maximum atomic E-state index is 13.1. The van der Waals surface area contributed by atoms with Gasteiger partial charge in [0, 0.05) is 36.8 Å². The van der Waals surface area contributed by atoms with Crippen molar-refractivity contribution < 1.29 is 9.59 Å². The van der Waals surface area contributed by atoms with Gasteiger partial charge in [0.05, 0.1) is 0 Å². The molecule has 4 atom stereocenters. The molecule has 2 fully saturated rings. The van der Waals surface area contributed by atoms with Crippen molar-refractivity contribution in [3.8, 4) is 0 Å². The van der Waals surface area contributed by atoms with Gasteiger partial charge in [0.2, 0.25) is 5.91 Å². The van der Waals surface area contributed by atoms with Gasteiger partial charge in [-0.25, -0.2) is 0 Å². The predicted molar refractivity (Wildman–Crippen MR) is 106 cm³/mol. The average molecular weight is 400 g/mol. The van der Waals surface area contributed by atoms with Crippen molar-refractivity contribution in [2.24, 2.45) is 17.8 Å². The molecule has 2 aliphatic heterocycles. The molecule has 2 N–H and O–H groups in total. The summed E-state index contributed by atoms with van der Waals surface area (Å²) in [5.74, 6) is 1.01. The van der Waals surface area contributed by atoms with E-state index in [1.807, 2.05) is 18.7 Å². The summed E-state index contributed by atoms with van der Waals surface area (Å²) in [4.78, 5) is 27.6. The van der Waals surface area contributed by atoms with Crippen LogP contribution >= 0.6 is 24.0 Å². The topological polar surface area (TPSA) is 61.4 Å². The standard InChI is InChI=1S/C19H26ClN3O2.ClH/c1-3-12(2)17(22-18(24)13-4-6-16(20)7-5-13)19(25)23-10-14-8-21-9-15(14)11-23;/h4-7,12,14-15,17,21H,3,8-11H2,1-2H3,(H,22,24);1H/t12?,14-,15+,17?;. The van der Waals surface area contributed by atoms with E-state index in [2.05, 4.69) is 10.6 Å². The van der Waals surface area contributed by atoms with Crippen molar-refractivity contribution in [3.05, 3.63) is 34.9 Å². The summed E-state index contributed by atoms with van der Waals surface area (Å²) in [5.41, 5.74) is 0.521. The van der Waals surface area contributed by atoms with E-state index >= 15 is 0 Å². The molecule has 0 aliphatic carbocycles. The number of hydrogen-bond donors (Lipinski definition) is 2. The molecule has 2 amide bonds. The lowest BCUT2D eigenvalue weighted by Gasteiger charge is -2.28. The van der Waals surface area contributed by atoms with Gasteiger partial charge in [-0.15, -0.1) is 12.4 Å². The van der Waals surface area contributed by atoms with Crippen molar-refractivity contribution in [1.29, 1.82) is 0 Å². The smallest absolute Gasteiger partial charge is 0.251 e. The number of likely N-dealkylation sites (tertiary alicyclic amines) is 1. The molecule has 2 aliphatic rings. The van der Waals surface area contributed by atoms with Crippen LogP contribution in [-0.4, -0.2) is 48.9 Å². The minimum Gasteiger partial charge on any atom is -0.340 e. The summed E-state index contributed by atoms with van der Waals surface area (Å²) in [7, 11) is 0. The summed E-state index contributed by atoms with van der Waals surface area (Å²) >= 11 is 5.88. The van der Waals surface area contributed by atoms with Gasteiger partial charge in [-0.05, 0) is 42.0 Å². The molecule has 7 heteroatoms. The number of fused-ring (bicyclic) bond motifs is 1. The molecule has 1 aromatic rings. The first kappa shape index (κ1) is 21.0. The lowest BCUT2D eigenvalue weighted by Crippen LogP contribution is -2.51. The SMILES string of the molecule is CCC(C)C(NC(=O)c1ccc(Cl)cc1)C(=O)N1C[C@H]2CNC[C@H]2C1.Cl. The quantitative estimate of drug-likeness (QED) is 0.799. The summed E-state index contributed by atoms with van der Waals surface area (Å²) in [6.45, 7) is 7.62. The molecule has 5 nitrogen and oxygen atoms in total. The van der Waals surface area contributed by atoms with Crippen LogP contribution in [0.25, 0.3) is 0 Å². The Morgan fingerprint density at radius 3 is 2.35 bits per heavy atom. The normalized spacial score (nSPS) is 23.7. The zero-order valence-electron chi connectivity index (χ0n) is 15.2. The molecule has 0 radical (unpaired) electrons. The first-order chi connectivity index (χ1) is 12.0. The second-order valence-electron chi connectivity index (χ2n) is 7.27. The molecule has 1 aromatic carbocycles. The van der Waals surface area contributed by atoms with Crippen molar-refractivity contribution in [2.75, 3.05) is 26.2 Å². The summed E-state index contributed by atoms with van der Waals surface area (Å²) < 4.78 is 0. The van der Waals surface area contributed by atoms with Gasteiger partial charge in [0.1, 0.15) is 6.04 Å². The van der Waals surface area contributed by atoms with Crippen LogP contribution in [0.1, 0.15) is 30.6 Å². The molecular weight excluding hydrogens is 373 g/mol. The van der Waals surface area contributed by atoms with Crippen molar-refractivity contribution in [3.63, 3.8) is 0 Å². The number of benzene rings is 1. The molecule has 0 spiro atoms. The lowest BCUT2D eigenvalue weighted by molar-refractivity contribution is -0.133. The number of rotatable bonds is 5. The lowest BCUT2D eigenvalue weighted by atomic mass is 9.97. The molecule has 2 saturated heterocycles. The number of nitrogens with one attached hydrogen (secondary N) is 2. The first-order valence-corrected chi connectivity index (χ1v) is 9.43. The molecule has 2 heterocycles. The minimum atomic E-state index is -0.486. The summed E-state index contributed by atoms with van der Waals surface area (Å²) in [6, 6.07) is 6.25. The summed E-state index contributed by atoms with van der Waals surface area (Å²) in [5, 5.41) is 6.93. The van der Waals surface area contributed by atoms with Gasteiger partial charge in [-0.3, -0.25) is 9.59 Å². The highest BCUT2D eigenvalue weighted by molar-refractivity contribution is 6.30. The van der Waals surface area contributed by atoms with Gasteiger partial charge >= 0.3 is 0 Å². The zero-order valence-corrected chi connectivity index (χ0v) is 16.8. The fourth-order valence-electron chi connectivity index (χ4n) is 3.74. The molecule has 26 heavy (non-hydrogen) atoms. The number of hydrogen-bond acceptors (Lipinski definition) is 3. The van der Waals surface area contributed by atoms with Crippen LogP contribution in [0, 0.1) is 17.8 Å². The van der Waals surface area contributed by atoms with Crippen LogP contribution in [0.5, 0.6) is 0 Å². The Labute approximate surface area is 166 Å². The van der Waals surface area contributed by atoms with E-state index in [-0.39, 0.29) is 30.1 Å². The number of amides is 2. The van der Waals surface area contributed by atoms with Crippen LogP contribution in [0.15, 0.2) is 24.3 Å². The Balaban J connectivity index is 0.00000243. The van der Waals surface area contributed by atoms with E-state index in [1.54, 1.807) is 24.3 Å². The third-order valence-corrected chi connectivity index (χ3v) is 5.83. The third kappa shape index (κ3) is 4.51. The highest BCUT2D eigenvalue weighted by atomic mass is 35.5. The highest BCUT2D eigenvalue weighted by Gasteiger charge is 2.41. The maximum Gasteiger partial charge on any atom is 0.251 e. The van der Waals surface area contributed by atoms with E-state index in [0.717, 1.165) is 32.6 Å². The van der Waals surface area contributed by atoms with Crippen LogP contribution in [0.4, 0.5) is 0 Å². The molecule has 0 aromatic heterocycles. The van der Waals surface area contributed by atoms with Crippen molar-refractivity contribution >= 4 is 35.8 Å². The van der Waals surface area contributed by atoms with Crippen LogP contribution in [0.2, 0.25) is 5.02 Å². The monoisotopic (exact) mass is 399 g/mol. The summed E-state index contributed by atoms with van der Waals surface area (Å²) in [6.07, 6.45) is 0.833. The second-order valence-corrected chi connectivity index (χ2v) is 7.70. The number of carbonyl (C=O) groups excluding carboxylic acids is 2. The second kappa shape index (κ2) is 9.07. The molecule has 144 valence electrons. The fourth-order valence-corrected chi connectivity index (χ4v) is 3.87. The van der Waals surface area contributed by atoms with E-state index in [0.29, 0.717) is 22.4 Å². The van der Waals surface area contributed by atoms with Crippen LogP contribution in [0.3, 0.4) is 0 Å². The predicted octanol–water partition coefficient (Wildman–Crippen LogP) is 2.58. The largest absolute Gasteiger partial charge is 0.340 e. The van der Waals surface area contributed by atoms with Crippen LogP contribution in [-0.2, 0) is 4.79 Å². The Morgan fingerprint density at radius 2 is 1.81 bits per heavy atom. The van der Waals surface area contributed by atoms with Crippen LogP contribution < -0.4 is 10.6 Å². The zero-order chi connectivity index (χ0) is 18.0. The number of carbonyl (C=O) groups is 2.